The van der Waals surface area contributed by atoms with Gasteiger partial charge in [0.2, 0.25) is 0 Å². The Balaban J connectivity index is 0.000000416. The lowest BCUT2D eigenvalue weighted by Crippen LogP contribution is -2.52. The van der Waals surface area contributed by atoms with Crippen molar-refractivity contribution in [3.63, 3.8) is 0 Å². The van der Waals surface area contributed by atoms with Gasteiger partial charge >= 0.3 is 6.03 Å². The summed E-state index contributed by atoms with van der Waals surface area (Å²) in [6.07, 6.45) is 2.42. The Morgan fingerprint density at radius 3 is 2.00 bits per heavy atom. The van der Waals surface area contributed by atoms with Gasteiger partial charge in [-0.15, -0.1) is 0 Å². The smallest absolute Gasteiger partial charge is 0.318 e. The van der Waals surface area contributed by atoms with Crippen molar-refractivity contribution >= 4 is 6.03 Å². The first kappa shape index (κ1) is 23.5. The van der Waals surface area contributed by atoms with Crippen LogP contribution >= 0.6 is 0 Å². The average Bonchev–Trinajstić information content (AvgIpc) is 2.84. The maximum Gasteiger partial charge on any atom is 0.318 e. The normalized spacial score (nSPS) is 16.5. The van der Waals surface area contributed by atoms with E-state index in [1.54, 1.807) is 12.1 Å². The lowest BCUT2D eigenvalue weighted by Gasteiger charge is -2.37. The molecular weight excluding hydrogens is 403 g/mol. The molecule has 0 spiro atoms. The van der Waals surface area contributed by atoms with E-state index in [4.69, 9.17) is 5.11 Å². The van der Waals surface area contributed by atoms with Crippen molar-refractivity contribution in [1.29, 1.82) is 0 Å². The predicted molar refractivity (Wildman–Crippen MR) is 127 cm³/mol. The average molecular weight is 435 g/mol. The molecule has 3 aromatic rings. The molecule has 0 saturated carbocycles. The summed E-state index contributed by atoms with van der Waals surface area (Å²) in [4.78, 5) is 14.3. The predicted octanol–water partition coefficient (Wildman–Crippen LogP) is 5.80. The summed E-state index contributed by atoms with van der Waals surface area (Å²) < 4.78 is 13.1. The summed E-state index contributed by atoms with van der Waals surface area (Å²) in [7, 11) is 0. The van der Waals surface area contributed by atoms with E-state index >= 15 is 0 Å². The number of aliphatic hydroxyl groups is 1. The molecule has 3 aromatic carbocycles. The molecule has 1 saturated heterocycles. The number of hydrogen-bond donors (Lipinski definition) is 2. The van der Waals surface area contributed by atoms with Gasteiger partial charge in [-0.2, -0.15) is 0 Å². The Morgan fingerprint density at radius 2 is 1.50 bits per heavy atom. The first-order valence-corrected chi connectivity index (χ1v) is 11.1. The van der Waals surface area contributed by atoms with Gasteiger partial charge in [-0.1, -0.05) is 72.8 Å². The lowest BCUT2D eigenvalue weighted by atomic mass is 9.99. The van der Waals surface area contributed by atoms with Gasteiger partial charge < -0.3 is 15.3 Å². The molecule has 2 N–H and O–H groups in total. The summed E-state index contributed by atoms with van der Waals surface area (Å²) >= 11 is 0. The van der Waals surface area contributed by atoms with Gasteiger partial charge in [-0.05, 0) is 55.0 Å². The third-order valence-electron chi connectivity index (χ3n) is 5.72. The minimum Gasteiger partial charge on any atom is -0.396 e. The van der Waals surface area contributed by atoms with E-state index in [0.29, 0.717) is 13.0 Å². The van der Waals surface area contributed by atoms with Crippen molar-refractivity contribution in [2.24, 2.45) is 0 Å². The zero-order chi connectivity index (χ0) is 22.8. The summed E-state index contributed by atoms with van der Waals surface area (Å²) in [6, 6.07) is 26.6. The number of nitrogens with one attached hydrogen (secondary N) is 1. The highest BCUT2D eigenvalue weighted by atomic mass is 19.1. The molecule has 1 heterocycles. The molecule has 168 valence electrons. The summed E-state index contributed by atoms with van der Waals surface area (Å²) in [5, 5.41) is 12.0. The first-order valence-electron chi connectivity index (χ1n) is 11.1. The number of carbonyl (C=O) groups is 1. The maximum atomic E-state index is 13.1. The first-order chi connectivity index (χ1) is 15.6. The van der Waals surface area contributed by atoms with Gasteiger partial charge in [0.25, 0.3) is 0 Å². The van der Waals surface area contributed by atoms with Gasteiger partial charge in [0.15, 0.2) is 0 Å². The third kappa shape index (κ3) is 6.66. The van der Waals surface area contributed by atoms with Crippen molar-refractivity contribution < 1.29 is 14.3 Å². The minimum absolute atomic E-state index is 0.0175. The van der Waals surface area contributed by atoms with Crippen LogP contribution in [0.5, 0.6) is 0 Å². The van der Waals surface area contributed by atoms with Crippen LogP contribution in [-0.4, -0.2) is 35.2 Å². The summed E-state index contributed by atoms with van der Waals surface area (Å²) in [5.74, 6) is -0.243. The fraction of sp³-hybridized carbons (Fsp3) is 0.296. The molecule has 1 aliphatic heterocycles. The highest BCUT2D eigenvalue weighted by molar-refractivity contribution is 5.76. The highest BCUT2D eigenvalue weighted by Crippen LogP contribution is 2.27. The van der Waals surface area contributed by atoms with Crippen LogP contribution in [0.4, 0.5) is 9.18 Å². The number of nitrogens with zero attached hydrogens (tertiary/aromatic N) is 1. The van der Waals surface area contributed by atoms with Gasteiger partial charge in [-0.3, -0.25) is 0 Å². The maximum absolute atomic E-state index is 13.1. The molecule has 0 aliphatic carbocycles. The van der Waals surface area contributed by atoms with E-state index in [1.165, 1.54) is 12.1 Å². The van der Waals surface area contributed by atoms with Crippen LogP contribution in [0.15, 0.2) is 84.9 Å². The van der Waals surface area contributed by atoms with Crippen molar-refractivity contribution in [2.45, 2.75) is 38.3 Å². The Labute approximate surface area is 189 Å². The van der Waals surface area contributed by atoms with Crippen molar-refractivity contribution in [2.75, 3.05) is 13.2 Å². The number of benzene rings is 3. The minimum atomic E-state index is -0.243. The number of carbonyl (C=O) groups excluding carboxylic acids is 1. The second-order valence-electron chi connectivity index (χ2n) is 7.95. The Bertz CT molecular complexity index is 919. The summed E-state index contributed by atoms with van der Waals surface area (Å²) in [5.41, 5.74) is 3.06. The van der Waals surface area contributed by atoms with E-state index in [1.807, 2.05) is 72.5 Å². The molecule has 4 nitrogen and oxygen atoms in total. The molecule has 2 unspecified atom stereocenters. The zero-order valence-corrected chi connectivity index (χ0v) is 18.5. The van der Waals surface area contributed by atoms with Crippen LogP contribution in [0.3, 0.4) is 0 Å². The quantitative estimate of drug-likeness (QED) is 0.515. The van der Waals surface area contributed by atoms with Crippen LogP contribution in [-0.2, 0) is 0 Å². The third-order valence-corrected chi connectivity index (χ3v) is 5.72. The Morgan fingerprint density at radius 1 is 0.969 bits per heavy atom. The molecule has 4 rings (SSSR count). The number of halogens is 1. The van der Waals surface area contributed by atoms with Gasteiger partial charge in [0.1, 0.15) is 5.82 Å². The summed E-state index contributed by atoms with van der Waals surface area (Å²) in [6.45, 7) is 2.90. The van der Waals surface area contributed by atoms with E-state index < -0.39 is 0 Å². The van der Waals surface area contributed by atoms with Crippen LogP contribution in [0.2, 0.25) is 0 Å². The molecule has 0 bridgehead atoms. The number of hydrogen-bond acceptors (Lipinski definition) is 2. The van der Waals surface area contributed by atoms with Crippen LogP contribution in [0.1, 0.15) is 37.8 Å². The van der Waals surface area contributed by atoms with E-state index in [9.17, 15) is 9.18 Å². The second kappa shape index (κ2) is 12.0. The van der Waals surface area contributed by atoms with E-state index in [-0.39, 0.29) is 30.5 Å². The Kier molecular flexibility index (Phi) is 8.81. The lowest BCUT2D eigenvalue weighted by molar-refractivity contribution is 0.150. The SMILES string of the molecule is CC(c1ccc(-c2ccc(F)cc2)cc1)N1CCC(CCCO)NC1=O.c1ccccc1. The molecule has 1 aliphatic rings. The van der Waals surface area contributed by atoms with Gasteiger partial charge in [-0.25, -0.2) is 9.18 Å². The second-order valence-corrected chi connectivity index (χ2v) is 7.95. The standard InChI is InChI=1S/C21H25FN2O2.C6H6/c1-15(24-13-12-20(3-2-14-25)23-21(24)26)16-4-6-17(7-5-16)18-8-10-19(22)11-9-18;1-2-4-6-5-3-1/h4-11,15,20,25H,2-3,12-14H2,1H3,(H,23,26);1-6H. The van der Waals surface area contributed by atoms with Gasteiger partial charge in [0, 0.05) is 19.2 Å². The van der Waals surface area contributed by atoms with Gasteiger partial charge in [0.05, 0.1) is 6.04 Å². The molecule has 2 amide bonds. The molecular formula is C27H31FN2O2. The zero-order valence-electron chi connectivity index (χ0n) is 18.5. The van der Waals surface area contributed by atoms with Crippen LogP contribution < -0.4 is 5.32 Å². The van der Waals surface area contributed by atoms with E-state index in [2.05, 4.69) is 5.32 Å². The van der Waals surface area contributed by atoms with Crippen LogP contribution in [0.25, 0.3) is 11.1 Å². The molecule has 1 fully saturated rings. The molecule has 5 heteroatoms. The fourth-order valence-corrected chi connectivity index (χ4v) is 3.81. The molecule has 0 aromatic heterocycles. The topological polar surface area (TPSA) is 52.6 Å². The Hall–Kier alpha value is -3.18. The van der Waals surface area contributed by atoms with Crippen LogP contribution in [0, 0.1) is 5.82 Å². The fourth-order valence-electron chi connectivity index (χ4n) is 3.81. The van der Waals surface area contributed by atoms with Crippen molar-refractivity contribution in [3.8, 4) is 11.1 Å². The van der Waals surface area contributed by atoms with E-state index in [0.717, 1.165) is 29.5 Å². The highest BCUT2D eigenvalue weighted by Gasteiger charge is 2.28. The largest absolute Gasteiger partial charge is 0.396 e. The number of amides is 2. The molecule has 2 atom stereocenters. The van der Waals surface area contributed by atoms with Crippen molar-refractivity contribution in [1.82, 2.24) is 10.2 Å². The molecule has 32 heavy (non-hydrogen) atoms. The monoisotopic (exact) mass is 434 g/mol. The molecule has 0 radical (unpaired) electrons. The number of rotatable bonds is 6. The number of urea groups is 1. The van der Waals surface area contributed by atoms with Crippen molar-refractivity contribution in [3.05, 3.63) is 96.3 Å². The number of aliphatic hydroxyl groups excluding tert-OH is 1.